The first-order valence-electron chi connectivity index (χ1n) is 5.75. The number of furan rings is 1. The highest BCUT2D eigenvalue weighted by Crippen LogP contribution is 2.23. The average molecular weight is 257 g/mol. The van der Waals surface area contributed by atoms with E-state index in [1.54, 1.807) is 18.0 Å². The first kappa shape index (κ1) is 14.1. The molecule has 96 valence electrons. The van der Waals surface area contributed by atoms with Crippen molar-refractivity contribution in [2.45, 2.75) is 31.7 Å². The van der Waals surface area contributed by atoms with Crippen molar-refractivity contribution in [3.8, 4) is 0 Å². The van der Waals surface area contributed by atoms with Crippen LogP contribution in [0.4, 0.5) is 0 Å². The number of aryl methyl sites for hydroxylation is 1. The Balaban J connectivity index is 2.49. The molecule has 0 fully saturated rings. The number of thioether (sulfide) groups is 1. The smallest absolute Gasteiger partial charge is 0.323 e. The zero-order valence-corrected chi connectivity index (χ0v) is 11.3. The van der Waals surface area contributed by atoms with Crippen LogP contribution in [0.3, 0.4) is 0 Å². The fourth-order valence-corrected chi connectivity index (χ4v) is 2.40. The van der Waals surface area contributed by atoms with Gasteiger partial charge in [0.2, 0.25) is 0 Å². The highest BCUT2D eigenvalue weighted by molar-refractivity contribution is 7.99. The Morgan fingerprint density at radius 3 is 2.88 bits per heavy atom. The van der Waals surface area contributed by atoms with Crippen molar-refractivity contribution in [1.82, 2.24) is 5.32 Å². The maximum absolute atomic E-state index is 11.7. The summed E-state index contributed by atoms with van der Waals surface area (Å²) in [4.78, 5) is 12.7. The first-order chi connectivity index (χ1) is 8.19. The van der Waals surface area contributed by atoms with Crippen molar-refractivity contribution in [3.63, 3.8) is 0 Å². The normalized spacial score (nSPS) is 12.4. The van der Waals surface area contributed by atoms with E-state index < -0.39 is 0 Å². The molecular formula is C12H19NO3S. The van der Waals surface area contributed by atoms with Crippen LogP contribution < -0.4 is 5.32 Å². The summed E-state index contributed by atoms with van der Waals surface area (Å²) in [6.07, 6.45) is 1.66. The molecule has 0 saturated carbocycles. The second-order valence-electron chi connectivity index (χ2n) is 3.51. The summed E-state index contributed by atoms with van der Waals surface area (Å²) in [7, 11) is 0. The highest BCUT2D eigenvalue weighted by atomic mass is 32.2. The third-order valence-corrected chi connectivity index (χ3v) is 3.47. The molecule has 0 aliphatic carbocycles. The lowest BCUT2D eigenvalue weighted by Gasteiger charge is -2.15. The Kier molecular flexibility index (Phi) is 6.15. The van der Waals surface area contributed by atoms with Gasteiger partial charge in [-0.15, -0.1) is 11.8 Å². The van der Waals surface area contributed by atoms with Crippen molar-refractivity contribution in [1.29, 1.82) is 0 Å². The minimum Gasteiger partial charge on any atom is -0.468 e. The number of carbonyl (C=O) groups excluding carboxylic acids is 1. The van der Waals surface area contributed by atoms with Gasteiger partial charge < -0.3 is 14.5 Å². The Labute approximate surface area is 106 Å². The van der Waals surface area contributed by atoms with Crippen LogP contribution in [-0.2, 0) is 9.53 Å². The third-order valence-electron chi connectivity index (χ3n) is 2.24. The van der Waals surface area contributed by atoms with E-state index in [1.165, 1.54) is 0 Å². The largest absolute Gasteiger partial charge is 0.468 e. The van der Waals surface area contributed by atoms with Crippen LogP contribution in [-0.4, -0.2) is 30.9 Å². The molecule has 0 bridgehead atoms. The molecular weight excluding hydrogens is 238 g/mol. The summed E-state index contributed by atoms with van der Waals surface area (Å²) in [5.41, 5.74) is 0. The van der Waals surface area contributed by atoms with E-state index in [0.717, 1.165) is 17.2 Å². The second kappa shape index (κ2) is 7.40. The lowest BCUT2D eigenvalue weighted by atomic mass is 10.3. The van der Waals surface area contributed by atoms with Crippen LogP contribution in [0.5, 0.6) is 0 Å². The van der Waals surface area contributed by atoms with Gasteiger partial charge in [-0.05, 0) is 26.5 Å². The van der Waals surface area contributed by atoms with Crippen molar-refractivity contribution in [2.24, 2.45) is 0 Å². The van der Waals surface area contributed by atoms with Gasteiger partial charge in [-0.25, -0.2) is 0 Å². The molecule has 1 aromatic rings. The van der Waals surface area contributed by atoms with Crippen LogP contribution in [0.15, 0.2) is 21.6 Å². The second-order valence-corrected chi connectivity index (χ2v) is 4.58. The molecule has 1 aromatic heterocycles. The lowest BCUT2D eigenvalue weighted by molar-refractivity contribution is -0.144. The lowest BCUT2D eigenvalue weighted by Crippen LogP contribution is -2.40. The number of ether oxygens (including phenoxy) is 1. The minimum absolute atomic E-state index is 0.192. The molecule has 0 spiro atoms. The topological polar surface area (TPSA) is 51.5 Å². The molecule has 1 rings (SSSR count). The van der Waals surface area contributed by atoms with Crippen molar-refractivity contribution >= 4 is 17.7 Å². The molecule has 1 unspecified atom stereocenters. The van der Waals surface area contributed by atoms with E-state index in [2.05, 4.69) is 5.32 Å². The van der Waals surface area contributed by atoms with Gasteiger partial charge in [0, 0.05) is 10.6 Å². The maximum Gasteiger partial charge on any atom is 0.323 e. The maximum atomic E-state index is 11.7. The van der Waals surface area contributed by atoms with Gasteiger partial charge in [-0.1, -0.05) is 6.92 Å². The molecule has 17 heavy (non-hydrogen) atoms. The van der Waals surface area contributed by atoms with E-state index >= 15 is 0 Å². The molecule has 4 nitrogen and oxygen atoms in total. The molecule has 0 aliphatic heterocycles. The average Bonchev–Trinajstić information content (AvgIpc) is 2.70. The molecule has 1 atom stereocenters. The van der Waals surface area contributed by atoms with Crippen LogP contribution >= 0.6 is 11.8 Å². The van der Waals surface area contributed by atoms with E-state index in [4.69, 9.17) is 9.15 Å². The SMILES string of the molecule is CCNC(CSc1ccoc1C)C(=O)OCC. The van der Waals surface area contributed by atoms with Crippen molar-refractivity contribution < 1.29 is 13.9 Å². The predicted molar refractivity (Wildman–Crippen MR) is 68.3 cm³/mol. The van der Waals surface area contributed by atoms with Gasteiger partial charge >= 0.3 is 5.97 Å². The number of hydrogen-bond donors (Lipinski definition) is 1. The Morgan fingerprint density at radius 1 is 1.59 bits per heavy atom. The van der Waals surface area contributed by atoms with E-state index in [9.17, 15) is 4.79 Å². The van der Waals surface area contributed by atoms with Crippen molar-refractivity contribution in [2.75, 3.05) is 18.9 Å². The summed E-state index contributed by atoms with van der Waals surface area (Å²) in [6.45, 7) is 6.85. The summed E-state index contributed by atoms with van der Waals surface area (Å²) in [6, 6.07) is 1.65. The molecule has 0 aromatic carbocycles. The standard InChI is InChI=1S/C12H19NO3S/c1-4-13-10(12(14)15-5-2)8-17-11-6-7-16-9(11)3/h6-7,10,13H,4-5,8H2,1-3H3. The molecule has 5 heteroatoms. The fraction of sp³-hybridized carbons (Fsp3) is 0.583. The van der Waals surface area contributed by atoms with Gasteiger partial charge in [0.05, 0.1) is 12.9 Å². The van der Waals surface area contributed by atoms with Gasteiger partial charge in [-0.3, -0.25) is 4.79 Å². The van der Waals surface area contributed by atoms with Crippen molar-refractivity contribution in [3.05, 3.63) is 18.1 Å². The summed E-state index contributed by atoms with van der Waals surface area (Å²) < 4.78 is 10.2. The summed E-state index contributed by atoms with van der Waals surface area (Å²) >= 11 is 1.60. The molecule has 1 N–H and O–H groups in total. The van der Waals surface area contributed by atoms with Crippen LogP contribution in [0, 0.1) is 6.92 Å². The quantitative estimate of drug-likeness (QED) is 0.599. The molecule has 0 aliphatic rings. The molecule has 1 heterocycles. The van der Waals surface area contributed by atoms with Crippen LogP contribution in [0.2, 0.25) is 0 Å². The minimum atomic E-state index is -0.265. The van der Waals surface area contributed by atoms with Gasteiger partial charge in [-0.2, -0.15) is 0 Å². The van der Waals surface area contributed by atoms with E-state index in [1.807, 2.05) is 26.8 Å². The number of rotatable bonds is 7. The molecule has 0 saturated heterocycles. The van der Waals surface area contributed by atoms with Gasteiger partial charge in [0.1, 0.15) is 11.8 Å². The third kappa shape index (κ3) is 4.44. The first-order valence-corrected chi connectivity index (χ1v) is 6.74. The zero-order chi connectivity index (χ0) is 12.7. The molecule has 0 radical (unpaired) electrons. The zero-order valence-electron chi connectivity index (χ0n) is 10.5. The number of carbonyl (C=O) groups is 1. The Hall–Kier alpha value is -0.940. The summed E-state index contributed by atoms with van der Waals surface area (Å²) in [5, 5.41) is 3.12. The van der Waals surface area contributed by atoms with E-state index in [-0.39, 0.29) is 12.0 Å². The molecule has 0 amide bonds. The predicted octanol–water partition coefficient (Wildman–Crippen LogP) is 2.22. The Bertz CT molecular complexity index is 351. The monoisotopic (exact) mass is 257 g/mol. The fourth-order valence-electron chi connectivity index (χ4n) is 1.40. The number of likely N-dealkylation sites (N-methyl/N-ethyl adjacent to an activating group) is 1. The van der Waals surface area contributed by atoms with Gasteiger partial charge in [0.25, 0.3) is 0 Å². The van der Waals surface area contributed by atoms with Crippen LogP contribution in [0.1, 0.15) is 19.6 Å². The highest BCUT2D eigenvalue weighted by Gasteiger charge is 2.19. The Morgan fingerprint density at radius 2 is 2.35 bits per heavy atom. The number of esters is 1. The number of hydrogen-bond acceptors (Lipinski definition) is 5. The number of nitrogens with one attached hydrogen (secondary N) is 1. The van der Waals surface area contributed by atoms with Crippen LogP contribution in [0.25, 0.3) is 0 Å². The summed E-state index contributed by atoms with van der Waals surface area (Å²) in [5.74, 6) is 1.34. The van der Waals surface area contributed by atoms with E-state index in [0.29, 0.717) is 12.4 Å². The van der Waals surface area contributed by atoms with Gasteiger partial charge in [0.15, 0.2) is 0 Å².